The summed E-state index contributed by atoms with van der Waals surface area (Å²) in [7, 11) is 0. The Labute approximate surface area is 138 Å². The molecular formula is C20H25NO2. The molecule has 2 aromatic rings. The third-order valence-corrected chi connectivity index (χ3v) is 3.91. The summed E-state index contributed by atoms with van der Waals surface area (Å²) in [4.78, 5) is 12.3. The average molecular weight is 311 g/mol. The summed E-state index contributed by atoms with van der Waals surface area (Å²) >= 11 is 0. The molecule has 2 aromatic carbocycles. The van der Waals surface area contributed by atoms with Crippen molar-refractivity contribution in [2.24, 2.45) is 0 Å². The second-order valence-corrected chi connectivity index (χ2v) is 5.88. The van der Waals surface area contributed by atoms with Gasteiger partial charge in [-0.05, 0) is 37.0 Å². The lowest BCUT2D eigenvalue weighted by Crippen LogP contribution is -2.39. The fourth-order valence-corrected chi connectivity index (χ4v) is 2.37. The van der Waals surface area contributed by atoms with Gasteiger partial charge in [0.05, 0.1) is 0 Å². The fourth-order valence-electron chi connectivity index (χ4n) is 2.37. The van der Waals surface area contributed by atoms with Crippen LogP contribution in [0.3, 0.4) is 0 Å². The molecule has 0 saturated heterocycles. The summed E-state index contributed by atoms with van der Waals surface area (Å²) in [6.45, 7) is 6.70. The molecule has 0 saturated carbocycles. The lowest BCUT2D eigenvalue weighted by atomic mass is 10.0. The van der Waals surface area contributed by atoms with E-state index in [1.54, 1.807) is 0 Å². The van der Waals surface area contributed by atoms with Crippen molar-refractivity contribution in [2.45, 2.75) is 39.2 Å². The van der Waals surface area contributed by atoms with E-state index >= 15 is 0 Å². The Morgan fingerprint density at radius 2 is 1.74 bits per heavy atom. The molecule has 0 aliphatic rings. The Balaban J connectivity index is 1.88. The van der Waals surface area contributed by atoms with Crippen LogP contribution in [0.15, 0.2) is 54.6 Å². The normalized spacial score (nSPS) is 13.2. The highest BCUT2D eigenvalue weighted by Gasteiger charge is 2.19. The Hall–Kier alpha value is -2.29. The van der Waals surface area contributed by atoms with Crippen molar-refractivity contribution >= 4 is 5.91 Å². The minimum Gasteiger partial charge on any atom is -0.481 e. The van der Waals surface area contributed by atoms with E-state index in [0.717, 1.165) is 5.75 Å². The zero-order valence-electron chi connectivity index (χ0n) is 14.1. The Kier molecular flexibility index (Phi) is 6.21. The van der Waals surface area contributed by atoms with Gasteiger partial charge in [-0.3, -0.25) is 4.79 Å². The van der Waals surface area contributed by atoms with Crippen molar-refractivity contribution in [3.63, 3.8) is 0 Å². The molecule has 0 heterocycles. The molecule has 0 radical (unpaired) electrons. The predicted octanol–water partition coefficient (Wildman–Crippen LogP) is 4.07. The Bertz CT molecular complexity index is 607. The van der Waals surface area contributed by atoms with Crippen LogP contribution in [0.2, 0.25) is 0 Å². The number of hydrogen-bond donors (Lipinski definition) is 1. The second-order valence-electron chi connectivity index (χ2n) is 5.88. The number of hydrogen-bond acceptors (Lipinski definition) is 2. The number of carbonyl (C=O) groups is 1. The van der Waals surface area contributed by atoms with E-state index in [4.69, 9.17) is 4.74 Å². The summed E-state index contributed by atoms with van der Waals surface area (Å²) in [5.74, 6) is 0.946. The maximum atomic E-state index is 12.3. The molecule has 23 heavy (non-hydrogen) atoms. The van der Waals surface area contributed by atoms with E-state index in [9.17, 15) is 4.79 Å². The van der Waals surface area contributed by atoms with Crippen LogP contribution in [0.4, 0.5) is 0 Å². The van der Waals surface area contributed by atoms with Gasteiger partial charge < -0.3 is 10.1 Å². The summed E-state index contributed by atoms with van der Waals surface area (Å²) in [5.41, 5.74) is 2.40. The fraction of sp³-hybridized carbons (Fsp3) is 0.350. The summed E-state index contributed by atoms with van der Waals surface area (Å²) in [6, 6.07) is 18.0. The maximum Gasteiger partial charge on any atom is 0.261 e. The van der Waals surface area contributed by atoms with Crippen LogP contribution < -0.4 is 10.1 Å². The summed E-state index contributed by atoms with van der Waals surface area (Å²) in [6.07, 6.45) is 0.181. The van der Waals surface area contributed by atoms with Gasteiger partial charge >= 0.3 is 0 Å². The Morgan fingerprint density at radius 3 is 2.35 bits per heavy atom. The minimum atomic E-state index is -0.458. The number of benzene rings is 2. The predicted molar refractivity (Wildman–Crippen MR) is 93.8 cm³/mol. The first-order valence-electron chi connectivity index (χ1n) is 8.16. The molecule has 0 spiro atoms. The van der Waals surface area contributed by atoms with Crippen molar-refractivity contribution in [3.05, 3.63) is 65.7 Å². The molecule has 3 nitrogen and oxygen atoms in total. The van der Waals surface area contributed by atoms with E-state index in [0.29, 0.717) is 13.0 Å². The van der Waals surface area contributed by atoms with Crippen molar-refractivity contribution in [1.82, 2.24) is 5.32 Å². The number of amides is 1. The van der Waals surface area contributed by atoms with E-state index in [1.807, 2.05) is 56.3 Å². The average Bonchev–Trinajstić information content (AvgIpc) is 2.59. The first-order chi connectivity index (χ1) is 11.1. The molecule has 0 aliphatic heterocycles. The second kappa shape index (κ2) is 8.37. The van der Waals surface area contributed by atoms with Crippen LogP contribution in [0, 0.1) is 6.92 Å². The maximum absolute atomic E-state index is 12.3. The number of carbonyl (C=O) groups excluding carboxylic acids is 1. The standard InChI is InChI=1S/C20H25NO2/c1-4-19(23-18-12-10-15(2)11-13-18)20(22)21-14-16(3)17-8-6-5-7-9-17/h5-13,16,19H,4,14H2,1-3H3,(H,21,22). The van der Waals surface area contributed by atoms with Crippen LogP contribution in [0.25, 0.3) is 0 Å². The van der Waals surface area contributed by atoms with Gasteiger partial charge in [0, 0.05) is 6.54 Å². The molecule has 1 amide bonds. The monoisotopic (exact) mass is 311 g/mol. The van der Waals surface area contributed by atoms with Gasteiger partial charge in [0.15, 0.2) is 6.10 Å². The van der Waals surface area contributed by atoms with Gasteiger partial charge in [-0.2, -0.15) is 0 Å². The number of ether oxygens (including phenoxy) is 1. The molecule has 2 rings (SSSR count). The highest BCUT2D eigenvalue weighted by molar-refractivity contribution is 5.81. The van der Waals surface area contributed by atoms with Gasteiger partial charge in [0.25, 0.3) is 5.91 Å². The van der Waals surface area contributed by atoms with Gasteiger partial charge in [-0.25, -0.2) is 0 Å². The molecule has 1 N–H and O–H groups in total. The lowest BCUT2D eigenvalue weighted by molar-refractivity contribution is -0.128. The van der Waals surface area contributed by atoms with Crippen molar-refractivity contribution in [3.8, 4) is 5.75 Å². The minimum absolute atomic E-state index is 0.0594. The van der Waals surface area contributed by atoms with E-state index in [1.165, 1.54) is 11.1 Å². The van der Waals surface area contributed by atoms with E-state index in [-0.39, 0.29) is 11.8 Å². The van der Waals surface area contributed by atoms with Gasteiger partial charge in [-0.15, -0.1) is 0 Å². The van der Waals surface area contributed by atoms with Crippen LogP contribution in [-0.4, -0.2) is 18.6 Å². The largest absolute Gasteiger partial charge is 0.481 e. The van der Waals surface area contributed by atoms with Gasteiger partial charge in [0.1, 0.15) is 5.75 Å². The number of aryl methyl sites for hydroxylation is 1. The molecular weight excluding hydrogens is 286 g/mol. The number of rotatable bonds is 7. The molecule has 0 aromatic heterocycles. The third kappa shape index (κ3) is 5.13. The number of nitrogens with one attached hydrogen (secondary N) is 1. The van der Waals surface area contributed by atoms with Crippen molar-refractivity contribution in [1.29, 1.82) is 0 Å². The third-order valence-electron chi connectivity index (χ3n) is 3.91. The smallest absolute Gasteiger partial charge is 0.261 e. The van der Waals surface area contributed by atoms with Gasteiger partial charge in [0.2, 0.25) is 0 Å². The molecule has 2 unspecified atom stereocenters. The van der Waals surface area contributed by atoms with E-state index < -0.39 is 6.10 Å². The first-order valence-corrected chi connectivity index (χ1v) is 8.16. The highest BCUT2D eigenvalue weighted by Crippen LogP contribution is 2.16. The molecule has 2 atom stereocenters. The van der Waals surface area contributed by atoms with Gasteiger partial charge in [-0.1, -0.05) is 61.9 Å². The van der Waals surface area contributed by atoms with Crippen LogP contribution in [0.5, 0.6) is 5.75 Å². The highest BCUT2D eigenvalue weighted by atomic mass is 16.5. The molecule has 0 bridgehead atoms. The van der Waals surface area contributed by atoms with Crippen LogP contribution in [-0.2, 0) is 4.79 Å². The molecule has 3 heteroatoms. The van der Waals surface area contributed by atoms with Crippen LogP contribution >= 0.6 is 0 Å². The SMILES string of the molecule is CCC(Oc1ccc(C)cc1)C(=O)NCC(C)c1ccccc1. The zero-order chi connectivity index (χ0) is 16.7. The molecule has 122 valence electrons. The first kappa shape index (κ1) is 17.1. The Morgan fingerprint density at radius 1 is 1.09 bits per heavy atom. The molecule has 0 fully saturated rings. The van der Waals surface area contributed by atoms with Crippen LogP contribution in [0.1, 0.15) is 37.3 Å². The topological polar surface area (TPSA) is 38.3 Å². The molecule has 0 aliphatic carbocycles. The lowest BCUT2D eigenvalue weighted by Gasteiger charge is -2.19. The van der Waals surface area contributed by atoms with E-state index in [2.05, 4.69) is 24.4 Å². The zero-order valence-corrected chi connectivity index (χ0v) is 14.1. The quantitative estimate of drug-likeness (QED) is 0.837. The van der Waals surface area contributed by atoms with Crippen molar-refractivity contribution in [2.75, 3.05) is 6.54 Å². The summed E-state index contributed by atoms with van der Waals surface area (Å²) < 4.78 is 5.81. The summed E-state index contributed by atoms with van der Waals surface area (Å²) in [5, 5.41) is 3.00. The van der Waals surface area contributed by atoms with Crippen molar-refractivity contribution < 1.29 is 9.53 Å².